The van der Waals surface area contributed by atoms with E-state index in [0.717, 1.165) is 18.7 Å². The van der Waals surface area contributed by atoms with Crippen LogP contribution in [0.1, 0.15) is 19.0 Å². The second-order valence-corrected chi connectivity index (χ2v) is 2.82. The molecule has 5 heteroatoms. The fourth-order valence-corrected chi connectivity index (χ4v) is 0.941. The summed E-state index contributed by atoms with van der Waals surface area (Å²) in [6, 6.07) is 0.437. The SMILES string of the molecule is CC(CCN)NCc1cn[nH]n1. The lowest BCUT2D eigenvalue weighted by Crippen LogP contribution is -2.27. The predicted molar refractivity (Wildman–Crippen MR) is 46.4 cm³/mol. The second-order valence-electron chi connectivity index (χ2n) is 2.82. The zero-order chi connectivity index (χ0) is 8.81. The molecule has 5 nitrogen and oxygen atoms in total. The van der Waals surface area contributed by atoms with Gasteiger partial charge in [-0.25, -0.2) is 0 Å². The number of H-pyrrole nitrogens is 1. The Kier molecular flexibility index (Phi) is 3.69. The van der Waals surface area contributed by atoms with Crippen molar-refractivity contribution in [2.75, 3.05) is 6.54 Å². The van der Waals surface area contributed by atoms with Crippen LogP contribution >= 0.6 is 0 Å². The third-order valence-electron chi connectivity index (χ3n) is 1.70. The lowest BCUT2D eigenvalue weighted by Gasteiger charge is -2.10. The van der Waals surface area contributed by atoms with Gasteiger partial charge in [-0.15, -0.1) is 0 Å². The highest BCUT2D eigenvalue weighted by Gasteiger charge is 2.00. The van der Waals surface area contributed by atoms with Crippen LogP contribution in [0.5, 0.6) is 0 Å². The summed E-state index contributed by atoms with van der Waals surface area (Å²) < 4.78 is 0. The van der Waals surface area contributed by atoms with E-state index in [-0.39, 0.29) is 0 Å². The first-order valence-electron chi connectivity index (χ1n) is 4.11. The molecule has 0 spiro atoms. The topological polar surface area (TPSA) is 79.6 Å². The molecule has 1 atom stereocenters. The number of aromatic amines is 1. The number of rotatable bonds is 5. The van der Waals surface area contributed by atoms with Crippen LogP contribution in [0.3, 0.4) is 0 Å². The molecule has 4 N–H and O–H groups in total. The number of hydrogen-bond donors (Lipinski definition) is 3. The quantitative estimate of drug-likeness (QED) is 0.562. The standard InChI is InChI=1S/C7H15N5/c1-6(2-3-8)9-4-7-5-10-12-11-7/h5-6,9H,2-4,8H2,1H3,(H,10,11,12). The summed E-state index contributed by atoms with van der Waals surface area (Å²) in [5.74, 6) is 0. The Morgan fingerprint density at radius 1 is 1.75 bits per heavy atom. The zero-order valence-electron chi connectivity index (χ0n) is 7.25. The van der Waals surface area contributed by atoms with Crippen LogP contribution in [0, 0.1) is 0 Å². The van der Waals surface area contributed by atoms with Crippen molar-refractivity contribution < 1.29 is 0 Å². The summed E-state index contributed by atoms with van der Waals surface area (Å²) in [7, 11) is 0. The van der Waals surface area contributed by atoms with Crippen molar-refractivity contribution >= 4 is 0 Å². The van der Waals surface area contributed by atoms with Crippen molar-refractivity contribution in [1.82, 2.24) is 20.7 Å². The molecule has 68 valence electrons. The van der Waals surface area contributed by atoms with Crippen molar-refractivity contribution in [1.29, 1.82) is 0 Å². The molecule has 0 aliphatic rings. The molecule has 1 aromatic heterocycles. The van der Waals surface area contributed by atoms with E-state index < -0.39 is 0 Å². The van der Waals surface area contributed by atoms with Gasteiger partial charge in [0.2, 0.25) is 0 Å². The molecule has 0 aromatic carbocycles. The predicted octanol–water partition coefficient (Wildman–Crippen LogP) is -0.368. The summed E-state index contributed by atoms with van der Waals surface area (Å²) in [4.78, 5) is 0. The minimum atomic E-state index is 0.437. The number of nitrogens with zero attached hydrogens (tertiary/aromatic N) is 2. The molecule has 0 aliphatic carbocycles. The van der Waals surface area contributed by atoms with Crippen LogP contribution in [0.15, 0.2) is 6.20 Å². The molecule has 0 radical (unpaired) electrons. The Morgan fingerprint density at radius 2 is 2.58 bits per heavy atom. The van der Waals surface area contributed by atoms with Gasteiger partial charge in [-0.1, -0.05) is 0 Å². The van der Waals surface area contributed by atoms with Crippen molar-refractivity contribution in [3.63, 3.8) is 0 Å². The summed E-state index contributed by atoms with van der Waals surface area (Å²) >= 11 is 0. The van der Waals surface area contributed by atoms with Gasteiger partial charge in [0.1, 0.15) is 0 Å². The van der Waals surface area contributed by atoms with E-state index in [0.29, 0.717) is 12.6 Å². The maximum absolute atomic E-state index is 5.40. The van der Waals surface area contributed by atoms with Crippen molar-refractivity contribution in [2.45, 2.75) is 25.9 Å². The van der Waals surface area contributed by atoms with Gasteiger partial charge in [0.15, 0.2) is 0 Å². The Hall–Kier alpha value is -0.940. The molecule has 12 heavy (non-hydrogen) atoms. The summed E-state index contributed by atoms with van der Waals surface area (Å²) in [6.45, 7) is 3.57. The largest absolute Gasteiger partial charge is 0.330 e. The number of aromatic nitrogens is 3. The van der Waals surface area contributed by atoms with Crippen LogP contribution < -0.4 is 11.1 Å². The first-order chi connectivity index (χ1) is 5.83. The van der Waals surface area contributed by atoms with Gasteiger partial charge in [0, 0.05) is 12.6 Å². The molecule has 0 bridgehead atoms. The Labute approximate surface area is 71.7 Å². The van der Waals surface area contributed by atoms with E-state index in [9.17, 15) is 0 Å². The van der Waals surface area contributed by atoms with Crippen LogP contribution in [-0.4, -0.2) is 28.0 Å². The minimum Gasteiger partial charge on any atom is -0.330 e. The van der Waals surface area contributed by atoms with Crippen LogP contribution in [0.2, 0.25) is 0 Å². The van der Waals surface area contributed by atoms with Gasteiger partial charge in [-0.3, -0.25) is 0 Å². The Morgan fingerprint density at radius 3 is 3.17 bits per heavy atom. The number of hydrogen-bond acceptors (Lipinski definition) is 4. The van der Waals surface area contributed by atoms with E-state index in [1.807, 2.05) is 0 Å². The third-order valence-corrected chi connectivity index (χ3v) is 1.70. The molecule has 0 fully saturated rings. The van der Waals surface area contributed by atoms with E-state index in [1.54, 1.807) is 6.20 Å². The third kappa shape index (κ3) is 2.98. The van der Waals surface area contributed by atoms with Crippen LogP contribution in [0.4, 0.5) is 0 Å². The van der Waals surface area contributed by atoms with E-state index in [4.69, 9.17) is 5.73 Å². The minimum absolute atomic E-state index is 0.437. The average molecular weight is 169 g/mol. The van der Waals surface area contributed by atoms with Crippen molar-refractivity contribution in [3.8, 4) is 0 Å². The maximum atomic E-state index is 5.40. The Balaban J connectivity index is 2.17. The Bertz CT molecular complexity index is 196. The van der Waals surface area contributed by atoms with E-state index in [2.05, 4.69) is 27.7 Å². The maximum Gasteiger partial charge on any atom is 0.0962 e. The molecule has 1 aromatic rings. The molecule has 1 unspecified atom stereocenters. The fraction of sp³-hybridized carbons (Fsp3) is 0.714. The molecular formula is C7H15N5. The monoisotopic (exact) mass is 169 g/mol. The first kappa shape index (κ1) is 9.15. The summed E-state index contributed by atoms with van der Waals surface area (Å²) in [5.41, 5.74) is 6.33. The molecule has 0 aliphatic heterocycles. The second kappa shape index (κ2) is 4.84. The van der Waals surface area contributed by atoms with Gasteiger partial charge in [-0.05, 0) is 19.9 Å². The fourth-order valence-electron chi connectivity index (χ4n) is 0.941. The lowest BCUT2D eigenvalue weighted by atomic mass is 10.2. The number of nitrogens with two attached hydrogens (primary N) is 1. The van der Waals surface area contributed by atoms with Crippen molar-refractivity contribution in [2.24, 2.45) is 5.73 Å². The van der Waals surface area contributed by atoms with Gasteiger partial charge < -0.3 is 11.1 Å². The van der Waals surface area contributed by atoms with Gasteiger partial charge >= 0.3 is 0 Å². The highest BCUT2D eigenvalue weighted by atomic mass is 15.3. The van der Waals surface area contributed by atoms with Gasteiger partial charge in [0.25, 0.3) is 0 Å². The van der Waals surface area contributed by atoms with Crippen molar-refractivity contribution in [3.05, 3.63) is 11.9 Å². The van der Waals surface area contributed by atoms with E-state index >= 15 is 0 Å². The van der Waals surface area contributed by atoms with E-state index in [1.165, 1.54) is 0 Å². The highest BCUT2D eigenvalue weighted by molar-refractivity contribution is 4.89. The normalized spacial score (nSPS) is 13.2. The summed E-state index contributed by atoms with van der Waals surface area (Å²) in [5, 5.41) is 13.5. The lowest BCUT2D eigenvalue weighted by molar-refractivity contribution is 0.515. The molecule has 1 heterocycles. The molecule has 0 saturated heterocycles. The highest BCUT2D eigenvalue weighted by Crippen LogP contribution is 1.92. The molecule has 0 amide bonds. The molecular weight excluding hydrogens is 154 g/mol. The summed E-state index contributed by atoms with van der Waals surface area (Å²) in [6.07, 6.45) is 2.69. The molecule has 0 saturated carbocycles. The van der Waals surface area contributed by atoms with Crippen LogP contribution in [0.25, 0.3) is 0 Å². The average Bonchev–Trinajstić information content (AvgIpc) is 2.53. The van der Waals surface area contributed by atoms with Crippen LogP contribution in [-0.2, 0) is 6.54 Å². The first-order valence-corrected chi connectivity index (χ1v) is 4.11. The number of nitrogens with one attached hydrogen (secondary N) is 2. The smallest absolute Gasteiger partial charge is 0.0962 e. The van der Waals surface area contributed by atoms with Gasteiger partial charge in [0.05, 0.1) is 11.9 Å². The zero-order valence-corrected chi connectivity index (χ0v) is 7.25. The molecule has 1 rings (SSSR count). The van der Waals surface area contributed by atoms with Gasteiger partial charge in [-0.2, -0.15) is 15.4 Å².